The first kappa shape index (κ1) is 16.3. The number of halogens is 3. The van der Waals surface area contributed by atoms with Crippen LogP contribution in [-0.4, -0.2) is 39.6 Å². The van der Waals surface area contributed by atoms with Gasteiger partial charge in [-0.3, -0.25) is 14.3 Å². The number of primary amides is 1. The van der Waals surface area contributed by atoms with Gasteiger partial charge in [-0.05, 0) is 19.8 Å². The zero-order valence-corrected chi connectivity index (χ0v) is 12.1. The molecule has 9 heteroatoms. The first-order valence-corrected chi connectivity index (χ1v) is 6.97. The predicted molar refractivity (Wildman–Crippen MR) is 70.7 cm³/mol. The first-order valence-electron chi connectivity index (χ1n) is 6.97. The fraction of sp³-hybridized carbons (Fsp3) is 0.615. The van der Waals surface area contributed by atoms with Crippen molar-refractivity contribution in [3.8, 4) is 0 Å². The molecular weight excluding hydrogens is 301 g/mol. The second kappa shape index (κ2) is 5.98. The van der Waals surface area contributed by atoms with Crippen molar-refractivity contribution < 1.29 is 22.8 Å². The summed E-state index contributed by atoms with van der Waals surface area (Å²) in [7, 11) is 0. The Morgan fingerprint density at radius 2 is 1.95 bits per heavy atom. The van der Waals surface area contributed by atoms with Crippen LogP contribution >= 0.6 is 0 Å². The Morgan fingerprint density at radius 1 is 1.36 bits per heavy atom. The van der Waals surface area contributed by atoms with Crippen LogP contribution in [0.25, 0.3) is 0 Å². The molecule has 1 aliphatic rings. The summed E-state index contributed by atoms with van der Waals surface area (Å²) in [5.41, 5.74) is 4.05. The number of aryl methyl sites for hydroxylation is 1. The first-order chi connectivity index (χ1) is 10.2. The molecule has 0 aromatic carbocycles. The maximum absolute atomic E-state index is 12.7. The topological polar surface area (TPSA) is 81.2 Å². The van der Waals surface area contributed by atoms with Crippen LogP contribution in [0.3, 0.4) is 0 Å². The van der Waals surface area contributed by atoms with Crippen LogP contribution in [-0.2, 0) is 17.5 Å². The largest absolute Gasteiger partial charge is 0.435 e. The van der Waals surface area contributed by atoms with Crippen molar-refractivity contribution in [2.24, 2.45) is 11.7 Å². The molecule has 22 heavy (non-hydrogen) atoms. The highest BCUT2D eigenvalue weighted by atomic mass is 19.4. The minimum atomic E-state index is -4.59. The van der Waals surface area contributed by atoms with Gasteiger partial charge in [-0.25, -0.2) is 0 Å². The Kier molecular flexibility index (Phi) is 4.43. The summed E-state index contributed by atoms with van der Waals surface area (Å²) < 4.78 is 39.2. The monoisotopic (exact) mass is 318 g/mol. The van der Waals surface area contributed by atoms with Gasteiger partial charge in [0.2, 0.25) is 5.91 Å². The lowest BCUT2D eigenvalue weighted by atomic mass is 9.96. The zero-order chi connectivity index (χ0) is 16.5. The maximum Gasteiger partial charge on any atom is 0.435 e. The molecule has 0 radical (unpaired) electrons. The number of hydrogen-bond donors (Lipinski definition) is 1. The Morgan fingerprint density at radius 3 is 2.41 bits per heavy atom. The molecule has 2 N–H and O–H groups in total. The number of nitrogens with two attached hydrogens (primary N) is 1. The summed E-state index contributed by atoms with van der Waals surface area (Å²) in [4.78, 5) is 24.9. The van der Waals surface area contributed by atoms with Gasteiger partial charge in [0.1, 0.15) is 5.69 Å². The van der Waals surface area contributed by atoms with E-state index in [1.165, 1.54) is 4.90 Å². The molecule has 0 spiro atoms. The Bertz CT molecular complexity index is 574. The van der Waals surface area contributed by atoms with Crippen molar-refractivity contribution in [3.05, 3.63) is 17.5 Å². The van der Waals surface area contributed by atoms with Crippen molar-refractivity contribution in [2.45, 2.75) is 32.5 Å². The lowest BCUT2D eigenvalue weighted by Crippen LogP contribution is -2.42. The minimum Gasteiger partial charge on any atom is -0.369 e. The molecule has 2 heterocycles. The van der Waals surface area contributed by atoms with Crippen molar-refractivity contribution in [3.63, 3.8) is 0 Å². The Labute approximate surface area is 125 Å². The van der Waals surface area contributed by atoms with Crippen LogP contribution in [0, 0.1) is 5.92 Å². The van der Waals surface area contributed by atoms with E-state index in [-0.39, 0.29) is 18.2 Å². The van der Waals surface area contributed by atoms with Gasteiger partial charge in [0.05, 0.1) is 0 Å². The number of carbonyl (C=O) groups excluding carboxylic acids is 2. The number of nitrogens with zero attached hydrogens (tertiary/aromatic N) is 3. The van der Waals surface area contributed by atoms with E-state index in [0.29, 0.717) is 25.9 Å². The van der Waals surface area contributed by atoms with Gasteiger partial charge in [-0.15, -0.1) is 0 Å². The van der Waals surface area contributed by atoms with Crippen molar-refractivity contribution in [1.29, 1.82) is 0 Å². The van der Waals surface area contributed by atoms with Gasteiger partial charge in [-0.1, -0.05) is 0 Å². The number of rotatable bonds is 3. The number of carbonyl (C=O) groups is 2. The van der Waals surface area contributed by atoms with Crippen LogP contribution in [0.4, 0.5) is 13.2 Å². The van der Waals surface area contributed by atoms with Gasteiger partial charge in [-0.2, -0.15) is 18.3 Å². The third kappa shape index (κ3) is 3.23. The standard InChI is InChI=1S/C13H17F3N4O2/c1-2-20-9(7-10(18-20)13(14,15)16)12(22)19-5-3-8(4-6-19)11(17)21/h7-8H,2-6H2,1H3,(H2,17,21). The smallest absolute Gasteiger partial charge is 0.369 e. The van der Waals surface area contributed by atoms with Crippen LogP contribution in [0.1, 0.15) is 35.9 Å². The Balaban J connectivity index is 2.16. The number of amides is 2. The molecule has 2 rings (SSSR count). The predicted octanol–water partition coefficient (Wildman–Crippen LogP) is 1.26. The average molecular weight is 318 g/mol. The van der Waals surface area contributed by atoms with Crippen LogP contribution in [0.2, 0.25) is 0 Å². The summed E-state index contributed by atoms with van der Waals surface area (Å²) in [6, 6.07) is 0.770. The summed E-state index contributed by atoms with van der Waals surface area (Å²) in [6.07, 6.45) is -3.74. The Hall–Kier alpha value is -2.06. The van der Waals surface area contributed by atoms with Gasteiger partial charge in [0.15, 0.2) is 5.69 Å². The minimum absolute atomic E-state index is 0.0904. The van der Waals surface area contributed by atoms with E-state index in [2.05, 4.69) is 5.10 Å². The van der Waals surface area contributed by atoms with E-state index in [0.717, 1.165) is 10.7 Å². The molecule has 1 aliphatic heterocycles. The fourth-order valence-electron chi connectivity index (χ4n) is 2.50. The molecule has 0 atom stereocenters. The van der Waals surface area contributed by atoms with Crippen molar-refractivity contribution >= 4 is 11.8 Å². The van der Waals surface area contributed by atoms with Gasteiger partial charge < -0.3 is 10.6 Å². The molecule has 6 nitrogen and oxygen atoms in total. The third-order valence-electron chi connectivity index (χ3n) is 3.77. The maximum atomic E-state index is 12.7. The SMILES string of the molecule is CCn1nc(C(F)(F)F)cc1C(=O)N1CCC(C(N)=O)CC1. The lowest BCUT2D eigenvalue weighted by molar-refractivity contribution is -0.141. The number of alkyl halides is 3. The quantitative estimate of drug-likeness (QED) is 0.911. The summed E-state index contributed by atoms with van der Waals surface area (Å²) in [5, 5.41) is 3.43. The van der Waals surface area contributed by atoms with Gasteiger partial charge in [0, 0.05) is 31.6 Å². The molecule has 1 aromatic rings. The van der Waals surface area contributed by atoms with E-state index in [1.54, 1.807) is 6.92 Å². The molecule has 0 aliphatic carbocycles. The van der Waals surface area contributed by atoms with Crippen LogP contribution in [0.5, 0.6) is 0 Å². The average Bonchev–Trinajstić information content (AvgIpc) is 2.90. The third-order valence-corrected chi connectivity index (χ3v) is 3.77. The van der Waals surface area contributed by atoms with Gasteiger partial charge >= 0.3 is 6.18 Å². The highest BCUT2D eigenvalue weighted by Crippen LogP contribution is 2.29. The van der Waals surface area contributed by atoms with E-state index < -0.39 is 23.7 Å². The molecule has 0 unspecified atom stereocenters. The normalized spacial score (nSPS) is 16.8. The second-order valence-electron chi connectivity index (χ2n) is 5.20. The van der Waals surface area contributed by atoms with Crippen molar-refractivity contribution in [2.75, 3.05) is 13.1 Å². The molecule has 0 saturated carbocycles. The number of hydrogen-bond acceptors (Lipinski definition) is 3. The highest BCUT2D eigenvalue weighted by Gasteiger charge is 2.36. The summed E-state index contributed by atoms with van der Waals surface area (Å²) in [5.74, 6) is -1.20. The molecule has 1 saturated heterocycles. The zero-order valence-electron chi connectivity index (χ0n) is 12.1. The molecule has 122 valence electrons. The summed E-state index contributed by atoms with van der Waals surface area (Å²) in [6.45, 7) is 2.36. The van der Waals surface area contributed by atoms with Crippen LogP contribution in [0.15, 0.2) is 6.07 Å². The highest BCUT2D eigenvalue weighted by molar-refractivity contribution is 5.93. The second-order valence-corrected chi connectivity index (χ2v) is 5.20. The fourth-order valence-corrected chi connectivity index (χ4v) is 2.50. The molecule has 0 bridgehead atoms. The molecular formula is C13H17F3N4O2. The lowest BCUT2D eigenvalue weighted by Gasteiger charge is -2.30. The van der Waals surface area contributed by atoms with Crippen molar-refractivity contribution in [1.82, 2.24) is 14.7 Å². The molecule has 1 fully saturated rings. The van der Waals surface area contributed by atoms with E-state index in [9.17, 15) is 22.8 Å². The number of piperidine rings is 1. The molecule has 1 aromatic heterocycles. The number of aromatic nitrogens is 2. The summed E-state index contributed by atoms with van der Waals surface area (Å²) >= 11 is 0. The van der Waals surface area contributed by atoms with Crippen LogP contribution < -0.4 is 5.73 Å². The number of likely N-dealkylation sites (tertiary alicyclic amines) is 1. The molecule has 2 amide bonds. The van der Waals surface area contributed by atoms with E-state index in [4.69, 9.17) is 5.73 Å². The van der Waals surface area contributed by atoms with E-state index in [1.807, 2.05) is 0 Å². The van der Waals surface area contributed by atoms with E-state index >= 15 is 0 Å². The van der Waals surface area contributed by atoms with Gasteiger partial charge in [0.25, 0.3) is 5.91 Å².